The van der Waals surface area contributed by atoms with E-state index >= 15 is 0 Å². The first-order valence-corrected chi connectivity index (χ1v) is 8.45. The van der Waals surface area contributed by atoms with Crippen molar-refractivity contribution < 1.29 is 4.79 Å². The van der Waals surface area contributed by atoms with Crippen LogP contribution < -0.4 is 0 Å². The molecule has 4 rings (SSSR count). The summed E-state index contributed by atoms with van der Waals surface area (Å²) in [6.07, 6.45) is 2.46. The van der Waals surface area contributed by atoms with Crippen LogP contribution >= 0.6 is 11.3 Å². The van der Waals surface area contributed by atoms with Gasteiger partial charge in [0.2, 0.25) is 5.91 Å². The highest BCUT2D eigenvalue weighted by Gasteiger charge is 2.32. The second-order valence-electron chi connectivity index (χ2n) is 5.66. The molecule has 116 valence electrons. The topological polar surface area (TPSA) is 51.0 Å². The number of amides is 1. The molecule has 5 nitrogen and oxygen atoms in total. The van der Waals surface area contributed by atoms with E-state index in [-0.39, 0.29) is 11.9 Å². The van der Waals surface area contributed by atoms with Crippen molar-refractivity contribution in [3.8, 4) is 11.3 Å². The summed E-state index contributed by atoms with van der Waals surface area (Å²) in [6.45, 7) is 1.42. The van der Waals surface area contributed by atoms with Crippen LogP contribution in [0.2, 0.25) is 0 Å². The van der Waals surface area contributed by atoms with Gasteiger partial charge in [-0.15, -0.1) is 16.4 Å². The molecule has 1 aliphatic heterocycles. The Balaban J connectivity index is 1.37. The van der Waals surface area contributed by atoms with Gasteiger partial charge in [-0.3, -0.25) is 4.79 Å². The van der Waals surface area contributed by atoms with E-state index in [1.165, 1.54) is 0 Å². The van der Waals surface area contributed by atoms with Crippen molar-refractivity contribution >= 4 is 17.2 Å². The largest absolute Gasteiger partial charge is 0.338 e. The van der Waals surface area contributed by atoms with Crippen LogP contribution in [0.3, 0.4) is 0 Å². The van der Waals surface area contributed by atoms with Crippen molar-refractivity contribution in [1.29, 1.82) is 0 Å². The van der Waals surface area contributed by atoms with Gasteiger partial charge in [-0.25, -0.2) is 4.68 Å². The van der Waals surface area contributed by atoms with E-state index in [1.807, 2.05) is 63.6 Å². The van der Waals surface area contributed by atoms with Gasteiger partial charge < -0.3 is 4.90 Å². The number of likely N-dealkylation sites (tertiary alicyclic amines) is 1. The summed E-state index contributed by atoms with van der Waals surface area (Å²) in [6, 6.07) is 14.2. The lowest BCUT2D eigenvalue weighted by Crippen LogP contribution is -2.51. The van der Waals surface area contributed by atoms with Crippen LogP contribution in [0.5, 0.6) is 0 Å². The van der Waals surface area contributed by atoms with Crippen LogP contribution in [0.4, 0.5) is 0 Å². The molecule has 0 saturated carbocycles. The van der Waals surface area contributed by atoms with E-state index in [0.717, 1.165) is 16.1 Å². The number of nitrogens with zero attached hydrogens (tertiary/aromatic N) is 4. The second-order valence-corrected chi connectivity index (χ2v) is 6.69. The highest BCUT2D eigenvalue weighted by molar-refractivity contribution is 7.10. The summed E-state index contributed by atoms with van der Waals surface area (Å²) < 4.78 is 1.87. The molecular weight excluding hydrogens is 308 g/mol. The Morgan fingerprint density at radius 2 is 2.00 bits per heavy atom. The molecule has 0 unspecified atom stereocenters. The highest BCUT2D eigenvalue weighted by atomic mass is 32.1. The second kappa shape index (κ2) is 5.96. The Hall–Kier alpha value is -2.47. The zero-order chi connectivity index (χ0) is 15.6. The number of benzene rings is 1. The van der Waals surface area contributed by atoms with Crippen molar-refractivity contribution in [3.63, 3.8) is 0 Å². The van der Waals surface area contributed by atoms with Gasteiger partial charge in [0.1, 0.15) is 5.69 Å². The average Bonchev–Trinajstić information content (AvgIpc) is 3.18. The van der Waals surface area contributed by atoms with E-state index in [0.29, 0.717) is 19.5 Å². The first-order chi connectivity index (χ1) is 11.3. The first-order valence-electron chi connectivity index (χ1n) is 7.57. The monoisotopic (exact) mass is 324 g/mol. The van der Waals surface area contributed by atoms with Crippen molar-refractivity contribution in [2.75, 3.05) is 13.1 Å². The predicted octanol–water partition coefficient (Wildman–Crippen LogP) is 2.63. The third-order valence-corrected chi connectivity index (χ3v) is 4.95. The van der Waals surface area contributed by atoms with E-state index in [9.17, 15) is 4.79 Å². The maximum atomic E-state index is 12.2. The normalized spacial score (nSPS) is 14.7. The number of thiophene rings is 1. The van der Waals surface area contributed by atoms with E-state index in [2.05, 4.69) is 10.3 Å². The Morgan fingerprint density at radius 3 is 2.74 bits per heavy atom. The molecule has 0 atom stereocenters. The molecule has 1 saturated heterocycles. The molecule has 2 aromatic heterocycles. The molecule has 0 aliphatic carbocycles. The average molecular weight is 324 g/mol. The van der Waals surface area contributed by atoms with E-state index < -0.39 is 0 Å². The lowest BCUT2D eigenvalue weighted by atomic mass is 10.1. The van der Waals surface area contributed by atoms with Crippen LogP contribution in [0, 0.1) is 0 Å². The minimum Gasteiger partial charge on any atom is -0.338 e. The third kappa shape index (κ3) is 2.90. The molecule has 1 fully saturated rings. The van der Waals surface area contributed by atoms with Gasteiger partial charge >= 0.3 is 0 Å². The maximum Gasteiger partial charge on any atom is 0.227 e. The number of rotatable bonds is 4. The zero-order valence-electron chi connectivity index (χ0n) is 12.5. The molecule has 3 aromatic rings. The highest BCUT2D eigenvalue weighted by Crippen LogP contribution is 2.24. The van der Waals surface area contributed by atoms with Crippen LogP contribution in [-0.4, -0.2) is 38.9 Å². The van der Waals surface area contributed by atoms with Gasteiger partial charge in [0.05, 0.1) is 18.7 Å². The summed E-state index contributed by atoms with van der Waals surface area (Å²) in [5.74, 6) is 0.187. The van der Waals surface area contributed by atoms with Crippen molar-refractivity contribution in [3.05, 3.63) is 58.9 Å². The Labute approximate surface area is 138 Å². The minimum atomic E-state index is 0.187. The SMILES string of the molecule is O=C(Cc1cccs1)N1CC(n2cc(-c3ccccc3)nn2)C1. The standard InChI is InChI=1S/C17H16N4OS/c22-17(9-15-7-4-8-23-15)20-10-14(11-20)21-12-16(18-19-21)13-5-2-1-3-6-13/h1-8,12,14H,9-11H2. The summed E-state index contributed by atoms with van der Waals surface area (Å²) in [4.78, 5) is 15.2. The van der Waals surface area contributed by atoms with Crippen LogP contribution in [0.1, 0.15) is 10.9 Å². The molecule has 23 heavy (non-hydrogen) atoms. The number of carbonyl (C=O) groups excluding carboxylic acids is 1. The van der Waals surface area contributed by atoms with Gasteiger partial charge in [0.15, 0.2) is 0 Å². The van der Waals surface area contributed by atoms with Crippen molar-refractivity contribution in [1.82, 2.24) is 19.9 Å². The van der Waals surface area contributed by atoms with E-state index in [4.69, 9.17) is 0 Å². The van der Waals surface area contributed by atoms with Crippen LogP contribution in [0.15, 0.2) is 54.0 Å². The summed E-state index contributed by atoms with van der Waals surface area (Å²) in [5, 5.41) is 10.4. The van der Waals surface area contributed by atoms with Crippen molar-refractivity contribution in [2.45, 2.75) is 12.5 Å². The van der Waals surface area contributed by atoms with Gasteiger partial charge in [0, 0.05) is 23.5 Å². The Morgan fingerprint density at radius 1 is 1.17 bits per heavy atom. The van der Waals surface area contributed by atoms with Gasteiger partial charge in [0.25, 0.3) is 0 Å². The molecule has 1 aromatic carbocycles. The lowest BCUT2D eigenvalue weighted by molar-refractivity contribution is -0.136. The zero-order valence-corrected chi connectivity index (χ0v) is 13.3. The third-order valence-electron chi connectivity index (χ3n) is 4.07. The predicted molar refractivity (Wildman–Crippen MR) is 89.1 cm³/mol. The quantitative estimate of drug-likeness (QED) is 0.741. The minimum absolute atomic E-state index is 0.187. The summed E-state index contributed by atoms with van der Waals surface area (Å²) >= 11 is 1.63. The fraction of sp³-hybridized carbons (Fsp3) is 0.235. The fourth-order valence-electron chi connectivity index (χ4n) is 2.70. The Kier molecular flexibility index (Phi) is 3.67. The molecule has 6 heteroatoms. The first kappa shape index (κ1) is 14.1. The van der Waals surface area contributed by atoms with Gasteiger partial charge in [-0.1, -0.05) is 41.6 Å². The number of hydrogen-bond acceptors (Lipinski definition) is 4. The molecule has 1 amide bonds. The molecule has 0 spiro atoms. The summed E-state index contributed by atoms with van der Waals surface area (Å²) in [7, 11) is 0. The number of aromatic nitrogens is 3. The lowest BCUT2D eigenvalue weighted by Gasteiger charge is -2.38. The number of hydrogen-bond donors (Lipinski definition) is 0. The maximum absolute atomic E-state index is 12.2. The van der Waals surface area contributed by atoms with E-state index in [1.54, 1.807) is 11.3 Å². The van der Waals surface area contributed by atoms with Gasteiger partial charge in [-0.2, -0.15) is 0 Å². The van der Waals surface area contributed by atoms with Crippen molar-refractivity contribution in [2.24, 2.45) is 0 Å². The van der Waals surface area contributed by atoms with Crippen LogP contribution in [0.25, 0.3) is 11.3 Å². The molecule has 1 aliphatic rings. The Bertz CT molecular complexity index is 791. The van der Waals surface area contributed by atoms with Crippen LogP contribution in [-0.2, 0) is 11.2 Å². The molecule has 0 bridgehead atoms. The molecule has 3 heterocycles. The molecular formula is C17H16N4OS. The smallest absolute Gasteiger partial charge is 0.227 e. The molecule has 0 radical (unpaired) electrons. The molecule has 0 N–H and O–H groups in total. The fourth-order valence-corrected chi connectivity index (χ4v) is 3.39. The summed E-state index contributed by atoms with van der Waals surface area (Å²) in [5.41, 5.74) is 1.93. The number of carbonyl (C=O) groups is 1. The van der Waals surface area contributed by atoms with Gasteiger partial charge in [-0.05, 0) is 11.4 Å².